The molecule has 0 saturated carbocycles. The minimum atomic E-state index is -2.97. The van der Waals surface area contributed by atoms with E-state index in [1.54, 1.807) is 6.07 Å². The third kappa shape index (κ3) is 8.17. The monoisotopic (exact) mass is 750 g/mol. The summed E-state index contributed by atoms with van der Waals surface area (Å²) in [6.45, 7) is 11.4. The number of aromatic hydroxyl groups is 1. The van der Waals surface area contributed by atoms with Crippen LogP contribution in [0.3, 0.4) is 0 Å². The zero-order valence-corrected chi connectivity index (χ0v) is 33.0. The van der Waals surface area contributed by atoms with Gasteiger partial charge in [-0.15, -0.1) is 0 Å². The molecular formula is C45H51ClO6Si. The van der Waals surface area contributed by atoms with Gasteiger partial charge in [-0.1, -0.05) is 168 Å². The molecule has 5 atom stereocenters. The Morgan fingerprint density at radius 1 is 0.736 bits per heavy atom. The van der Waals surface area contributed by atoms with E-state index in [1.165, 1.54) is 6.07 Å². The van der Waals surface area contributed by atoms with Gasteiger partial charge in [0.05, 0.1) is 37.1 Å². The first-order chi connectivity index (χ1) is 25.5. The Kier molecular flexibility index (Phi) is 12.3. The SMILES string of the molecule is CC[C@H]1OC(O)(c2cc(O)c(Cl)c(CO[Si](c3ccccc3)(c3ccccc3)C(C)(C)C)c2)[C@H](OCc2ccccc2)[C@@H](OCc2ccccc2)[C@@H]1C. The van der Waals surface area contributed by atoms with Crippen LogP contribution in [0.25, 0.3) is 0 Å². The van der Waals surface area contributed by atoms with E-state index in [2.05, 4.69) is 52.0 Å². The molecule has 1 aliphatic rings. The van der Waals surface area contributed by atoms with Crippen molar-refractivity contribution in [2.45, 2.75) is 90.0 Å². The highest BCUT2D eigenvalue weighted by atomic mass is 35.5. The van der Waals surface area contributed by atoms with Crippen LogP contribution in [0.15, 0.2) is 133 Å². The molecule has 6 rings (SSSR count). The Morgan fingerprint density at radius 2 is 1.23 bits per heavy atom. The quantitative estimate of drug-likeness (QED) is 0.117. The number of rotatable bonds is 13. The lowest BCUT2D eigenvalue weighted by Gasteiger charge is -2.50. The summed E-state index contributed by atoms with van der Waals surface area (Å²) in [5, 5.41) is 26.4. The Labute approximate surface area is 320 Å². The summed E-state index contributed by atoms with van der Waals surface area (Å²) in [6, 6.07) is 43.8. The molecule has 53 heavy (non-hydrogen) atoms. The lowest BCUT2D eigenvalue weighted by atomic mass is 9.82. The summed E-state index contributed by atoms with van der Waals surface area (Å²) in [6.07, 6.45) is -1.26. The number of hydrogen-bond donors (Lipinski definition) is 2. The van der Waals surface area contributed by atoms with E-state index in [1.807, 2.05) is 104 Å². The highest BCUT2D eigenvalue weighted by molar-refractivity contribution is 6.99. The summed E-state index contributed by atoms with van der Waals surface area (Å²) in [5.41, 5.74) is 2.80. The molecule has 278 valence electrons. The molecule has 0 aromatic heterocycles. The molecular weight excluding hydrogens is 700 g/mol. The zero-order valence-electron chi connectivity index (χ0n) is 31.2. The van der Waals surface area contributed by atoms with Gasteiger partial charge in [0.2, 0.25) is 5.79 Å². The first-order valence-electron chi connectivity index (χ1n) is 18.5. The second-order valence-corrected chi connectivity index (χ2v) is 19.7. The summed E-state index contributed by atoms with van der Waals surface area (Å²) in [7, 11) is -2.97. The number of hydrogen-bond acceptors (Lipinski definition) is 6. The van der Waals surface area contributed by atoms with Gasteiger partial charge in [-0.3, -0.25) is 0 Å². The minimum absolute atomic E-state index is 0.0840. The summed E-state index contributed by atoms with van der Waals surface area (Å²) < 4.78 is 27.2. The van der Waals surface area contributed by atoms with Crippen LogP contribution in [0.4, 0.5) is 0 Å². The average molecular weight is 751 g/mol. The summed E-state index contributed by atoms with van der Waals surface area (Å²) in [5.74, 6) is -2.31. The summed E-state index contributed by atoms with van der Waals surface area (Å²) in [4.78, 5) is 0. The molecule has 0 radical (unpaired) electrons. The normalized spacial score (nSPS) is 22.1. The van der Waals surface area contributed by atoms with Crippen LogP contribution in [-0.2, 0) is 44.2 Å². The molecule has 1 fully saturated rings. The number of ether oxygens (including phenoxy) is 3. The maximum atomic E-state index is 12.9. The molecule has 1 unspecified atom stereocenters. The maximum absolute atomic E-state index is 12.9. The van der Waals surface area contributed by atoms with Crippen molar-refractivity contribution in [3.63, 3.8) is 0 Å². The Bertz CT molecular complexity index is 1860. The molecule has 5 aromatic rings. The highest BCUT2D eigenvalue weighted by Crippen LogP contribution is 2.46. The van der Waals surface area contributed by atoms with Crippen molar-refractivity contribution in [1.29, 1.82) is 0 Å². The number of phenols is 1. The molecule has 5 aromatic carbocycles. The number of halogens is 1. The van der Waals surface area contributed by atoms with Gasteiger partial charge in [-0.05, 0) is 50.7 Å². The van der Waals surface area contributed by atoms with Gasteiger partial charge in [0.15, 0.2) is 0 Å². The van der Waals surface area contributed by atoms with E-state index in [4.69, 9.17) is 30.2 Å². The molecule has 8 heteroatoms. The van der Waals surface area contributed by atoms with Gasteiger partial charge in [0.25, 0.3) is 8.32 Å². The molecule has 0 amide bonds. The number of benzene rings is 5. The van der Waals surface area contributed by atoms with E-state index in [0.717, 1.165) is 21.5 Å². The van der Waals surface area contributed by atoms with Crippen LogP contribution in [-0.4, -0.2) is 36.8 Å². The fourth-order valence-electron chi connectivity index (χ4n) is 7.70. The zero-order chi connectivity index (χ0) is 37.6. The van der Waals surface area contributed by atoms with Crippen molar-refractivity contribution in [3.05, 3.63) is 161 Å². The topological polar surface area (TPSA) is 77.4 Å². The lowest BCUT2D eigenvalue weighted by molar-refractivity contribution is -0.361. The second-order valence-electron chi connectivity index (χ2n) is 15.0. The lowest BCUT2D eigenvalue weighted by Crippen LogP contribution is -2.66. The molecule has 0 spiro atoms. The fourth-order valence-corrected chi connectivity index (χ4v) is 12.4. The largest absolute Gasteiger partial charge is 0.506 e. The van der Waals surface area contributed by atoms with Crippen LogP contribution < -0.4 is 10.4 Å². The Balaban J connectivity index is 1.42. The van der Waals surface area contributed by atoms with Crippen LogP contribution >= 0.6 is 11.6 Å². The first kappa shape index (κ1) is 38.9. The van der Waals surface area contributed by atoms with E-state index in [9.17, 15) is 10.2 Å². The van der Waals surface area contributed by atoms with Gasteiger partial charge in [0, 0.05) is 11.5 Å². The Hall–Kier alpha value is -3.79. The van der Waals surface area contributed by atoms with Gasteiger partial charge in [0.1, 0.15) is 11.9 Å². The van der Waals surface area contributed by atoms with Crippen molar-refractivity contribution >= 4 is 30.3 Å². The average Bonchev–Trinajstić information content (AvgIpc) is 3.17. The van der Waals surface area contributed by atoms with Crippen molar-refractivity contribution in [3.8, 4) is 5.75 Å². The predicted molar refractivity (Wildman–Crippen MR) is 214 cm³/mol. The third-order valence-electron chi connectivity index (χ3n) is 10.5. The van der Waals surface area contributed by atoms with E-state index in [-0.39, 0.29) is 41.0 Å². The van der Waals surface area contributed by atoms with E-state index < -0.39 is 26.3 Å². The predicted octanol–water partition coefficient (Wildman–Crippen LogP) is 8.88. The molecule has 2 N–H and O–H groups in total. The molecule has 1 saturated heterocycles. The molecule has 6 nitrogen and oxygen atoms in total. The standard InChI is InChI=1S/C45H51ClO6Si/c1-6-40-32(2)42(49-29-33-19-11-7-12-20-33)43(50-30-34-21-13-8-14-22-34)45(48,52-40)36-27-35(41(46)39(47)28-36)31-51-53(44(3,4)5,37-23-15-9-16-24-37)38-25-17-10-18-26-38/h7-28,32,40,42-43,47-48H,6,29-31H2,1-5H3/t32-,40-,42+,43-,45?/m1/s1. The van der Waals surface area contributed by atoms with Gasteiger partial charge < -0.3 is 28.8 Å². The minimum Gasteiger partial charge on any atom is -0.506 e. The first-order valence-corrected chi connectivity index (χ1v) is 20.7. The van der Waals surface area contributed by atoms with Gasteiger partial charge >= 0.3 is 0 Å². The van der Waals surface area contributed by atoms with Crippen LogP contribution in [0.1, 0.15) is 63.3 Å². The third-order valence-corrected chi connectivity index (χ3v) is 15.9. The Morgan fingerprint density at radius 3 is 1.72 bits per heavy atom. The summed E-state index contributed by atoms with van der Waals surface area (Å²) >= 11 is 6.89. The van der Waals surface area contributed by atoms with Crippen LogP contribution in [0.5, 0.6) is 5.75 Å². The highest BCUT2D eigenvalue weighted by Gasteiger charge is 2.55. The second kappa shape index (κ2) is 16.7. The van der Waals surface area contributed by atoms with Gasteiger partial charge in [-0.2, -0.15) is 0 Å². The van der Waals surface area contributed by atoms with Crippen LogP contribution in [0, 0.1) is 5.92 Å². The number of aliphatic hydroxyl groups is 1. The number of phenolic OH excluding ortho intramolecular Hbond substituents is 1. The van der Waals surface area contributed by atoms with E-state index in [0.29, 0.717) is 24.2 Å². The molecule has 1 aliphatic heterocycles. The van der Waals surface area contributed by atoms with Crippen LogP contribution in [0.2, 0.25) is 10.1 Å². The van der Waals surface area contributed by atoms with E-state index >= 15 is 0 Å². The fraction of sp³-hybridized carbons (Fsp3) is 0.333. The molecule has 0 bridgehead atoms. The molecule has 0 aliphatic carbocycles. The molecule has 1 heterocycles. The van der Waals surface area contributed by atoms with Crippen molar-refractivity contribution in [1.82, 2.24) is 0 Å². The van der Waals surface area contributed by atoms with Crippen molar-refractivity contribution in [2.24, 2.45) is 5.92 Å². The maximum Gasteiger partial charge on any atom is 0.261 e. The van der Waals surface area contributed by atoms with Gasteiger partial charge in [-0.25, -0.2) is 0 Å². The smallest absolute Gasteiger partial charge is 0.261 e. The van der Waals surface area contributed by atoms with Crippen molar-refractivity contribution in [2.75, 3.05) is 0 Å². The van der Waals surface area contributed by atoms with Crippen molar-refractivity contribution < 1.29 is 28.8 Å².